The molecule has 2 heterocycles. The quantitative estimate of drug-likeness (QED) is 0.236. The lowest BCUT2D eigenvalue weighted by atomic mass is 10.1. The average Bonchev–Trinajstić information content (AvgIpc) is 3.45. The third kappa shape index (κ3) is 5.04. The summed E-state index contributed by atoms with van der Waals surface area (Å²) in [4.78, 5) is 44.3. The molecule has 0 bridgehead atoms. The van der Waals surface area contributed by atoms with Crippen LogP contribution in [0.15, 0.2) is 82.8 Å². The number of carbonyl (C=O) groups is 3. The summed E-state index contributed by atoms with van der Waals surface area (Å²) in [5, 5.41) is 8.71. The van der Waals surface area contributed by atoms with Gasteiger partial charge in [0.15, 0.2) is 5.13 Å². The van der Waals surface area contributed by atoms with Crippen LogP contribution in [0.1, 0.15) is 15.9 Å². The van der Waals surface area contributed by atoms with Gasteiger partial charge in [-0.25, -0.2) is 9.88 Å². The van der Waals surface area contributed by atoms with E-state index in [-0.39, 0.29) is 10.7 Å². The van der Waals surface area contributed by atoms with E-state index in [4.69, 9.17) is 34.8 Å². The lowest BCUT2D eigenvalue weighted by Crippen LogP contribution is -2.32. The number of nitrogens with one attached hydrogen (secondary N) is 2. The fourth-order valence-corrected chi connectivity index (χ4v) is 5.03. The Labute approximate surface area is 236 Å². The third-order valence-corrected chi connectivity index (χ3v) is 7.54. The highest BCUT2D eigenvalue weighted by Crippen LogP contribution is 2.34. The van der Waals surface area contributed by atoms with Gasteiger partial charge in [0.2, 0.25) is 0 Å². The van der Waals surface area contributed by atoms with Crippen molar-refractivity contribution in [3.8, 4) is 11.3 Å². The zero-order chi connectivity index (χ0) is 27.0. The van der Waals surface area contributed by atoms with E-state index in [2.05, 4.69) is 15.6 Å². The minimum Gasteiger partial charge on any atom is -0.350 e. The average molecular weight is 584 g/mol. The molecule has 4 aromatic rings. The van der Waals surface area contributed by atoms with E-state index in [1.165, 1.54) is 11.3 Å². The summed E-state index contributed by atoms with van der Waals surface area (Å²) < 4.78 is 0. The molecule has 0 fully saturated rings. The van der Waals surface area contributed by atoms with Crippen LogP contribution in [0, 0.1) is 6.92 Å². The maximum atomic E-state index is 13.2. The summed E-state index contributed by atoms with van der Waals surface area (Å²) in [5.74, 6) is -1.69. The van der Waals surface area contributed by atoms with Gasteiger partial charge in [-0.05, 0) is 55.0 Å². The predicted octanol–water partition coefficient (Wildman–Crippen LogP) is 7.11. The van der Waals surface area contributed by atoms with Crippen molar-refractivity contribution in [3.63, 3.8) is 0 Å². The van der Waals surface area contributed by atoms with Gasteiger partial charge in [-0.2, -0.15) is 0 Å². The number of hydrogen-bond acceptors (Lipinski definition) is 6. The van der Waals surface area contributed by atoms with Gasteiger partial charge in [-0.3, -0.25) is 19.7 Å². The Balaban J connectivity index is 1.32. The van der Waals surface area contributed by atoms with Gasteiger partial charge in [0.1, 0.15) is 10.7 Å². The number of hydrogen-bond donors (Lipinski definition) is 2. The minimum atomic E-state index is -0.668. The molecular weight excluding hydrogens is 567 g/mol. The zero-order valence-corrected chi connectivity index (χ0v) is 22.7. The molecule has 1 aliphatic rings. The highest BCUT2D eigenvalue weighted by atomic mass is 35.5. The molecule has 190 valence electrons. The maximum Gasteiger partial charge on any atom is 0.283 e. The molecule has 3 amide bonds. The van der Waals surface area contributed by atoms with Crippen molar-refractivity contribution in [2.45, 2.75) is 6.92 Å². The highest BCUT2D eigenvalue weighted by molar-refractivity contribution is 7.14. The number of carbonyl (C=O) groups excluding carboxylic acids is 3. The molecule has 2 N–H and O–H groups in total. The Morgan fingerprint density at radius 3 is 2.45 bits per heavy atom. The lowest BCUT2D eigenvalue weighted by molar-refractivity contribution is -0.120. The Hall–Kier alpha value is -3.69. The first-order valence-electron chi connectivity index (χ1n) is 11.2. The van der Waals surface area contributed by atoms with Crippen molar-refractivity contribution in [2.75, 3.05) is 15.5 Å². The van der Waals surface area contributed by atoms with Gasteiger partial charge >= 0.3 is 0 Å². The molecule has 11 heteroatoms. The lowest BCUT2D eigenvalue weighted by Gasteiger charge is -2.18. The zero-order valence-electron chi connectivity index (χ0n) is 19.6. The molecule has 38 heavy (non-hydrogen) atoms. The molecule has 0 aliphatic carbocycles. The van der Waals surface area contributed by atoms with E-state index in [9.17, 15) is 14.4 Å². The van der Waals surface area contributed by atoms with Crippen molar-refractivity contribution >= 4 is 80.4 Å². The van der Waals surface area contributed by atoms with Crippen molar-refractivity contribution in [1.82, 2.24) is 4.98 Å². The molecule has 1 aromatic heterocycles. The van der Waals surface area contributed by atoms with Gasteiger partial charge in [0.05, 0.1) is 11.4 Å². The second-order valence-electron chi connectivity index (χ2n) is 8.22. The molecule has 0 saturated heterocycles. The van der Waals surface area contributed by atoms with Crippen LogP contribution in [0.3, 0.4) is 0 Å². The maximum absolute atomic E-state index is 13.2. The first-order chi connectivity index (χ1) is 18.2. The van der Waals surface area contributed by atoms with Crippen molar-refractivity contribution in [2.24, 2.45) is 0 Å². The van der Waals surface area contributed by atoms with E-state index in [0.717, 1.165) is 10.5 Å². The fourth-order valence-electron chi connectivity index (χ4n) is 3.80. The van der Waals surface area contributed by atoms with Crippen molar-refractivity contribution in [3.05, 3.63) is 104 Å². The van der Waals surface area contributed by atoms with Crippen LogP contribution >= 0.6 is 46.1 Å². The predicted molar refractivity (Wildman–Crippen MR) is 152 cm³/mol. The van der Waals surface area contributed by atoms with Gasteiger partial charge in [0, 0.05) is 32.2 Å². The summed E-state index contributed by atoms with van der Waals surface area (Å²) in [6.45, 7) is 1.71. The SMILES string of the molecule is Cc1c(Cl)cccc1N1C(=O)C(Cl)=C(Nc2cccc(C(=O)Nc3nc(-c4ccc(Cl)cc4)cs3)c2)C1=O. The highest BCUT2D eigenvalue weighted by Gasteiger charge is 2.39. The molecule has 3 aromatic carbocycles. The smallest absolute Gasteiger partial charge is 0.283 e. The van der Waals surface area contributed by atoms with Crippen LogP contribution in [0.4, 0.5) is 16.5 Å². The number of thiazole rings is 1. The summed E-state index contributed by atoms with van der Waals surface area (Å²) in [6, 6.07) is 18.6. The fraction of sp³-hybridized carbons (Fsp3) is 0.0370. The molecule has 0 atom stereocenters. The van der Waals surface area contributed by atoms with E-state index in [1.807, 2.05) is 17.5 Å². The van der Waals surface area contributed by atoms with Gasteiger partial charge < -0.3 is 5.32 Å². The summed E-state index contributed by atoms with van der Waals surface area (Å²) in [5.41, 5.74) is 3.12. The van der Waals surface area contributed by atoms with Crippen LogP contribution in [0.2, 0.25) is 10.0 Å². The Morgan fingerprint density at radius 1 is 0.947 bits per heavy atom. The monoisotopic (exact) mass is 582 g/mol. The molecular formula is C27H17Cl3N4O3S. The molecule has 0 unspecified atom stereocenters. The van der Waals surface area contributed by atoms with E-state index in [1.54, 1.807) is 61.5 Å². The topological polar surface area (TPSA) is 91.4 Å². The normalized spacial score (nSPS) is 13.3. The molecule has 7 nitrogen and oxygen atoms in total. The number of nitrogens with zero attached hydrogens (tertiary/aromatic N) is 2. The standard InChI is InChI=1S/C27H17Cl3N4O3S/c1-14-19(29)6-3-7-21(14)34-25(36)22(30)23(26(34)37)31-18-5-2-4-16(12-18)24(35)33-27-32-20(13-38-27)15-8-10-17(28)11-9-15/h2-13,31H,1H3,(H,32,33,35). The van der Waals surface area contributed by atoms with Crippen LogP contribution in [-0.4, -0.2) is 22.7 Å². The van der Waals surface area contributed by atoms with Gasteiger partial charge in [0.25, 0.3) is 17.7 Å². The Morgan fingerprint density at radius 2 is 1.68 bits per heavy atom. The van der Waals surface area contributed by atoms with Crippen molar-refractivity contribution in [1.29, 1.82) is 0 Å². The number of anilines is 3. The van der Waals surface area contributed by atoms with E-state index >= 15 is 0 Å². The van der Waals surface area contributed by atoms with E-state index in [0.29, 0.717) is 43.4 Å². The number of halogens is 3. The molecule has 1 aliphatic heterocycles. The third-order valence-electron chi connectivity index (χ3n) is 5.77. The summed E-state index contributed by atoms with van der Waals surface area (Å²) in [7, 11) is 0. The molecule has 0 saturated carbocycles. The molecule has 0 spiro atoms. The van der Waals surface area contributed by atoms with Gasteiger partial charge in [-0.15, -0.1) is 11.3 Å². The number of imide groups is 1. The number of rotatable bonds is 6. The minimum absolute atomic E-state index is 0.0962. The first-order valence-corrected chi connectivity index (χ1v) is 13.2. The number of aromatic nitrogens is 1. The Kier molecular flexibility index (Phi) is 7.23. The van der Waals surface area contributed by atoms with Crippen molar-refractivity contribution < 1.29 is 14.4 Å². The summed E-state index contributed by atoms with van der Waals surface area (Å²) >= 11 is 19.7. The second-order valence-corrected chi connectivity index (χ2v) is 10.3. The number of amides is 3. The second kappa shape index (κ2) is 10.6. The Bertz CT molecular complexity index is 1630. The van der Waals surface area contributed by atoms with Gasteiger partial charge in [-0.1, -0.05) is 59.1 Å². The first kappa shape index (κ1) is 25.9. The largest absolute Gasteiger partial charge is 0.350 e. The van der Waals surface area contributed by atoms with Crippen LogP contribution in [0.5, 0.6) is 0 Å². The van der Waals surface area contributed by atoms with Crippen LogP contribution in [0.25, 0.3) is 11.3 Å². The number of benzene rings is 3. The molecule has 0 radical (unpaired) electrons. The molecule has 5 rings (SSSR count). The summed E-state index contributed by atoms with van der Waals surface area (Å²) in [6.07, 6.45) is 0. The van der Waals surface area contributed by atoms with Crippen LogP contribution in [-0.2, 0) is 9.59 Å². The van der Waals surface area contributed by atoms with E-state index < -0.39 is 17.7 Å². The van der Waals surface area contributed by atoms with Crippen LogP contribution < -0.4 is 15.5 Å².